The Morgan fingerprint density at radius 2 is 1.85 bits per heavy atom. The highest BCUT2D eigenvalue weighted by Crippen LogP contribution is 2.29. The first-order chi connectivity index (χ1) is 12.6. The number of nitrogens with one attached hydrogen (secondary N) is 1. The first-order valence-electron chi connectivity index (χ1n) is 8.69. The fraction of sp³-hybridized carbons (Fsp3) is 0.350. The van der Waals surface area contributed by atoms with Crippen molar-refractivity contribution in [3.05, 3.63) is 58.1 Å². The summed E-state index contributed by atoms with van der Waals surface area (Å²) in [7, 11) is -3.68. The normalized spacial score (nSPS) is 12.5. The second-order valence-corrected chi connectivity index (χ2v) is 8.94. The molecule has 2 aromatic rings. The highest BCUT2D eigenvalue weighted by atomic mass is 35.5. The van der Waals surface area contributed by atoms with Crippen molar-refractivity contribution in [3.63, 3.8) is 0 Å². The Morgan fingerprint density at radius 1 is 1.19 bits per heavy atom. The van der Waals surface area contributed by atoms with Gasteiger partial charge in [-0.05, 0) is 62.1 Å². The Morgan fingerprint density at radius 3 is 2.44 bits per heavy atom. The Balaban J connectivity index is 2.48. The molecule has 7 heteroatoms. The molecule has 5 nitrogen and oxygen atoms in total. The third-order valence-electron chi connectivity index (χ3n) is 4.46. The molecule has 1 N–H and O–H groups in total. The van der Waals surface area contributed by atoms with E-state index in [1.165, 1.54) is 4.31 Å². The molecule has 1 amide bonds. The maximum atomic E-state index is 13.0. The SMILES string of the molecule is CCC(C(=O)Nc1cccc(Cl)c1C)N(c1cc(C)ccc1C)S(C)(=O)=O. The van der Waals surface area contributed by atoms with Crippen molar-refractivity contribution in [3.8, 4) is 0 Å². The van der Waals surface area contributed by atoms with Crippen LogP contribution in [0.2, 0.25) is 5.02 Å². The number of hydrogen-bond donors (Lipinski definition) is 1. The van der Waals surface area contributed by atoms with Gasteiger partial charge in [0.1, 0.15) is 6.04 Å². The molecule has 2 aromatic carbocycles. The summed E-state index contributed by atoms with van der Waals surface area (Å²) in [5, 5.41) is 3.37. The van der Waals surface area contributed by atoms with Crippen LogP contribution >= 0.6 is 11.6 Å². The molecule has 0 spiro atoms. The lowest BCUT2D eigenvalue weighted by atomic mass is 10.1. The van der Waals surface area contributed by atoms with E-state index >= 15 is 0 Å². The minimum Gasteiger partial charge on any atom is -0.324 e. The molecule has 0 aromatic heterocycles. The van der Waals surface area contributed by atoms with E-state index in [0.29, 0.717) is 22.8 Å². The summed E-state index contributed by atoms with van der Waals surface area (Å²) < 4.78 is 26.4. The van der Waals surface area contributed by atoms with Gasteiger partial charge in [0.15, 0.2) is 0 Å². The number of anilines is 2. The first kappa shape index (κ1) is 21.3. The lowest BCUT2D eigenvalue weighted by Crippen LogP contribution is -2.47. The summed E-state index contributed by atoms with van der Waals surface area (Å²) in [6, 6.07) is 9.91. The monoisotopic (exact) mass is 408 g/mol. The van der Waals surface area contributed by atoms with Gasteiger partial charge in [0.25, 0.3) is 0 Å². The van der Waals surface area contributed by atoms with Gasteiger partial charge in [0.2, 0.25) is 15.9 Å². The lowest BCUT2D eigenvalue weighted by molar-refractivity contribution is -0.117. The lowest BCUT2D eigenvalue weighted by Gasteiger charge is -2.31. The van der Waals surface area contributed by atoms with Gasteiger partial charge in [-0.1, -0.05) is 36.7 Å². The highest BCUT2D eigenvalue weighted by molar-refractivity contribution is 7.92. The summed E-state index contributed by atoms with van der Waals surface area (Å²) in [5.74, 6) is -0.394. The minimum absolute atomic E-state index is 0.325. The van der Waals surface area contributed by atoms with Crippen LogP contribution in [0.25, 0.3) is 0 Å². The molecular formula is C20H25ClN2O3S. The summed E-state index contributed by atoms with van der Waals surface area (Å²) in [5.41, 5.74) is 3.53. The van der Waals surface area contributed by atoms with Crippen molar-refractivity contribution >= 4 is 38.9 Å². The van der Waals surface area contributed by atoms with Crippen LogP contribution in [-0.4, -0.2) is 26.6 Å². The third-order valence-corrected chi connectivity index (χ3v) is 6.03. The van der Waals surface area contributed by atoms with Crippen molar-refractivity contribution in [2.24, 2.45) is 0 Å². The van der Waals surface area contributed by atoms with Crippen LogP contribution in [0.15, 0.2) is 36.4 Å². The fourth-order valence-corrected chi connectivity index (χ4v) is 4.39. The van der Waals surface area contributed by atoms with Crippen molar-refractivity contribution in [2.45, 2.75) is 40.2 Å². The van der Waals surface area contributed by atoms with E-state index < -0.39 is 22.0 Å². The largest absolute Gasteiger partial charge is 0.324 e. The van der Waals surface area contributed by atoms with E-state index in [-0.39, 0.29) is 0 Å². The van der Waals surface area contributed by atoms with Crippen molar-refractivity contribution in [1.29, 1.82) is 0 Å². The Labute approximate surface area is 166 Å². The van der Waals surface area contributed by atoms with E-state index in [2.05, 4.69) is 5.32 Å². The molecule has 0 heterocycles. The molecule has 27 heavy (non-hydrogen) atoms. The molecule has 0 saturated heterocycles. The molecule has 0 bridgehead atoms. The number of benzene rings is 2. The van der Waals surface area contributed by atoms with Gasteiger partial charge in [-0.3, -0.25) is 9.10 Å². The number of rotatable bonds is 6. The smallest absolute Gasteiger partial charge is 0.248 e. The maximum Gasteiger partial charge on any atom is 0.248 e. The van der Waals surface area contributed by atoms with Crippen LogP contribution in [-0.2, 0) is 14.8 Å². The summed E-state index contributed by atoms with van der Waals surface area (Å²) >= 11 is 6.12. The van der Waals surface area contributed by atoms with Gasteiger partial charge in [-0.25, -0.2) is 8.42 Å². The quantitative estimate of drug-likeness (QED) is 0.767. The molecule has 0 aliphatic heterocycles. The molecular weight excluding hydrogens is 384 g/mol. The highest BCUT2D eigenvalue weighted by Gasteiger charge is 2.32. The van der Waals surface area contributed by atoms with E-state index in [1.54, 1.807) is 38.1 Å². The standard InChI is InChI=1S/C20H25ClN2O3S/c1-6-18(20(24)22-17-9-7-8-16(21)15(17)4)23(27(5,25)26)19-12-13(2)10-11-14(19)3/h7-12,18H,6H2,1-5H3,(H,22,24). The van der Waals surface area contributed by atoms with Gasteiger partial charge in [-0.2, -0.15) is 0 Å². The van der Waals surface area contributed by atoms with Gasteiger partial charge in [0, 0.05) is 10.7 Å². The van der Waals surface area contributed by atoms with Crippen molar-refractivity contribution in [1.82, 2.24) is 0 Å². The number of nitrogens with zero attached hydrogens (tertiary/aromatic N) is 1. The molecule has 1 unspecified atom stereocenters. The summed E-state index contributed by atoms with van der Waals surface area (Å²) in [6.45, 7) is 7.31. The fourth-order valence-electron chi connectivity index (χ4n) is 2.95. The van der Waals surface area contributed by atoms with Crippen molar-refractivity contribution in [2.75, 3.05) is 15.9 Å². The zero-order valence-corrected chi connectivity index (χ0v) is 17.8. The predicted octanol–water partition coefficient (Wildman–Crippen LogP) is 4.45. The predicted molar refractivity (Wildman–Crippen MR) is 112 cm³/mol. The minimum atomic E-state index is -3.68. The molecule has 1 atom stereocenters. The van der Waals surface area contributed by atoms with Crippen LogP contribution in [0.3, 0.4) is 0 Å². The van der Waals surface area contributed by atoms with Crippen LogP contribution in [0.4, 0.5) is 11.4 Å². The van der Waals surface area contributed by atoms with Crippen molar-refractivity contribution < 1.29 is 13.2 Å². The van der Waals surface area contributed by atoms with E-state index in [0.717, 1.165) is 22.9 Å². The number of carbonyl (C=O) groups is 1. The first-order valence-corrected chi connectivity index (χ1v) is 10.9. The second kappa shape index (κ2) is 8.31. The van der Waals surface area contributed by atoms with Gasteiger partial charge >= 0.3 is 0 Å². The van der Waals surface area contributed by atoms with E-state index in [1.807, 2.05) is 26.0 Å². The van der Waals surface area contributed by atoms with Crippen LogP contribution in [0, 0.1) is 20.8 Å². The maximum absolute atomic E-state index is 13.0. The van der Waals surface area contributed by atoms with Gasteiger partial charge < -0.3 is 5.32 Å². The Kier molecular flexibility index (Phi) is 6.54. The molecule has 0 aliphatic carbocycles. The molecule has 0 saturated carbocycles. The molecule has 0 radical (unpaired) electrons. The molecule has 0 aliphatic rings. The third kappa shape index (κ3) is 4.82. The number of halogens is 1. The Bertz CT molecular complexity index is 958. The number of amides is 1. The number of sulfonamides is 1. The van der Waals surface area contributed by atoms with Crippen LogP contribution in [0.5, 0.6) is 0 Å². The average molecular weight is 409 g/mol. The number of aryl methyl sites for hydroxylation is 2. The molecule has 0 fully saturated rings. The second-order valence-electron chi connectivity index (χ2n) is 6.67. The zero-order valence-electron chi connectivity index (χ0n) is 16.2. The van der Waals surface area contributed by atoms with Gasteiger partial charge in [-0.15, -0.1) is 0 Å². The van der Waals surface area contributed by atoms with Crippen LogP contribution in [0.1, 0.15) is 30.0 Å². The average Bonchev–Trinajstić information content (AvgIpc) is 2.58. The molecule has 146 valence electrons. The van der Waals surface area contributed by atoms with Crippen LogP contribution < -0.4 is 9.62 Å². The Hall–Kier alpha value is -2.05. The number of hydrogen-bond acceptors (Lipinski definition) is 3. The summed E-state index contributed by atoms with van der Waals surface area (Å²) in [6.07, 6.45) is 1.45. The zero-order chi connectivity index (χ0) is 20.4. The van der Waals surface area contributed by atoms with Gasteiger partial charge in [0.05, 0.1) is 11.9 Å². The topological polar surface area (TPSA) is 66.5 Å². The number of carbonyl (C=O) groups excluding carboxylic acids is 1. The molecule has 2 rings (SSSR count). The van der Waals surface area contributed by atoms with E-state index in [4.69, 9.17) is 11.6 Å². The van der Waals surface area contributed by atoms with E-state index in [9.17, 15) is 13.2 Å². The summed E-state index contributed by atoms with van der Waals surface area (Å²) in [4.78, 5) is 13.0.